The molecule has 15 heteroatoms. The number of nitrogens with two attached hydrogens (primary N) is 1. The number of carbonyl (C=O) groups is 2. The molecule has 0 aliphatic carbocycles. The molecule has 1 aromatic carbocycles. The van der Waals surface area contributed by atoms with E-state index in [0.29, 0.717) is 12.1 Å². The first kappa shape index (κ1) is 23.3. The molecule has 0 fully saturated rings. The second-order valence-electron chi connectivity index (χ2n) is 5.57. The van der Waals surface area contributed by atoms with Gasteiger partial charge in [0.25, 0.3) is 0 Å². The summed E-state index contributed by atoms with van der Waals surface area (Å²) < 4.78 is 125. The number of hydrogen-bond acceptors (Lipinski definition) is 6. The van der Waals surface area contributed by atoms with Crippen molar-refractivity contribution in [3.05, 3.63) is 28.8 Å². The summed E-state index contributed by atoms with van der Waals surface area (Å²) in [6.07, 6.45) is -19.2. The van der Waals surface area contributed by atoms with Gasteiger partial charge in [0, 0.05) is 17.7 Å². The molecule has 1 aliphatic rings. The van der Waals surface area contributed by atoms with E-state index in [1.807, 2.05) is 0 Å². The van der Waals surface area contributed by atoms with Gasteiger partial charge in [-0.2, -0.15) is 26.3 Å². The third-order valence-corrected chi connectivity index (χ3v) is 3.40. The van der Waals surface area contributed by atoms with Crippen molar-refractivity contribution in [2.75, 3.05) is 0 Å². The van der Waals surface area contributed by atoms with E-state index in [4.69, 9.17) is 5.73 Å². The maximum atomic E-state index is 13.3. The lowest BCUT2D eigenvalue weighted by Crippen LogP contribution is -2.42. The van der Waals surface area contributed by atoms with E-state index in [9.17, 15) is 49.1 Å². The van der Waals surface area contributed by atoms with Crippen LogP contribution in [0.3, 0.4) is 0 Å². The van der Waals surface area contributed by atoms with Crippen LogP contribution in [0.5, 0.6) is 11.5 Å². The minimum absolute atomic E-state index is 0.269. The van der Waals surface area contributed by atoms with Crippen molar-refractivity contribution < 1.29 is 63.3 Å². The molecule has 1 atom stereocenters. The molecule has 0 spiro atoms. The molecule has 0 bridgehead atoms. The quantitative estimate of drug-likeness (QED) is 0.429. The van der Waals surface area contributed by atoms with Crippen molar-refractivity contribution in [2.24, 2.45) is 5.73 Å². The number of hydrogen-bond donors (Lipinski definition) is 1. The van der Waals surface area contributed by atoms with E-state index in [0.717, 1.165) is 0 Å². The highest BCUT2D eigenvalue weighted by Crippen LogP contribution is 2.42. The van der Waals surface area contributed by atoms with Gasteiger partial charge in [-0.1, -0.05) is 0 Å². The molecular weight excluding hydrogens is 445 g/mol. The van der Waals surface area contributed by atoms with Crippen molar-refractivity contribution in [3.8, 4) is 11.5 Å². The minimum atomic E-state index is -5.70. The standard InChI is InChI=1S/C15H8F9NO5/c16-13(17,18)10-8(11(26)29-12(27)14(19,20)21)3-5-1-7(30-15(22,23)24)2-6(4-25)9(5)28-10/h1-3,10H,4,25H2. The van der Waals surface area contributed by atoms with Crippen LogP contribution in [0.2, 0.25) is 0 Å². The number of fused-ring (bicyclic) bond motifs is 1. The lowest BCUT2D eigenvalue weighted by atomic mass is 9.98. The van der Waals surface area contributed by atoms with Crippen LogP contribution in [0.1, 0.15) is 11.1 Å². The predicted molar refractivity (Wildman–Crippen MR) is 76.6 cm³/mol. The number of esters is 2. The molecule has 0 aromatic heterocycles. The zero-order valence-corrected chi connectivity index (χ0v) is 14.0. The molecule has 0 radical (unpaired) electrons. The molecule has 1 aromatic rings. The maximum absolute atomic E-state index is 13.3. The second-order valence-corrected chi connectivity index (χ2v) is 5.57. The fourth-order valence-electron chi connectivity index (χ4n) is 2.31. The Balaban J connectivity index is 2.56. The molecule has 1 unspecified atom stereocenters. The third-order valence-electron chi connectivity index (χ3n) is 3.40. The first-order chi connectivity index (χ1) is 13.5. The summed E-state index contributed by atoms with van der Waals surface area (Å²) in [5.74, 6) is -7.10. The number of carbonyl (C=O) groups excluding carboxylic acids is 2. The zero-order valence-electron chi connectivity index (χ0n) is 14.0. The van der Waals surface area contributed by atoms with Gasteiger partial charge in [-0.05, 0) is 18.2 Å². The van der Waals surface area contributed by atoms with Crippen LogP contribution in [-0.2, 0) is 20.9 Å². The largest absolute Gasteiger partial charge is 0.573 e. The van der Waals surface area contributed by atoms with Gasteiger partial charge in [0.15, 0.2) is 0 Å². The number of alkyl halides is 9. The molecule has 2 rings (SSSR count). The van der Waals surface area contributed by atoms with Crippen LogP contribution < -0.4 is 15.2 Å². The topological polar surface area (TPSA) is 87.8 Å². The lowest BCUT2D eigenvalue weighted by molar-refractivity contribution is -0.274. The van der Waals surface area contributed by atoms with E-state index < -0.39 is 71.5 Å². The van der Waals surface area contributed by atoms with Crippen LogP contribution in [-0.4, -0.2) is 36.8 Å². The van der Waals surface area contributed by atoms with Crippen molar-refractivity contribution in [2.45, 2.75) is 31.4 Å². The van der Waals surface area contributed by atoms with Crippen molar-refractivity contribution in [1.82, 2.24) is 0 Å². The first-order valence-electron chi connectivity index (χ1n) is 7.44. The Bertz CT molecular complexity index is 886. The highest BCUT2D eigenvalue weighted by Gasteiger charge is 2.51. The molecule has 1 heterocycles. The zero-order chi connectivity index (χ0) is 23.1. The molecule has 30 heavy (non-hydrogen) atoms. The fraction of sp³-hybridized carbons (Fsp3) is 0.333. The van der Waals surface area contributed by atoms with Gasteiger partial charge in [0.2, 0.25) is 6.10 Å². The molecular formula is C15H8F9NO5. The number of benzene rings is 1. The molecule has 166 valence electrons. The molecule has 2 N–H and O–H groups in total. The Hall–Kier alpha value is -2.97. The Morgan fingerprint density at radius 2 is 1.63 bits per heavy atom. The van der Waals surface area contributed by atoms with Gasteiger partial charge in [-0.3, -0.25) is 0 Å². The van der Waals surface area contributed by atoms with Crippen LogP contribution in [0.25, 0.3) is 6.08 Å². The van der Waals surface area contributed by atoms with E-state index in [2.05, 4.69) is 14.2 Å². The van der Waals surface area contributed by atoms with E-state index in [1.165, 1.54) is 0 Å². The van der Waals surface area contributed by atoms with Gasteiger partial charge in [-0.15, -0.1) is 13.2 Å². The van der Waals surface area contributed by atoms with E-state index in [-0.39, 0.29) is 6.08 Å². The SMILES string of the molecule is NCc1cc(OC(F)(F)F)cc2c1OC(C(F)(F)F)C(C(=O)OC(=O)C(F)(F)F)=C2. The van der Waals surface area contributed by atoms with Gasteiger partial charge >= 0.3 is 30.7 Å². The van der Waals surface area contributed by atoms with E-state index >= 15 is 0 Å². The van der Waals surface area contributed by atoms with Gasteiger partial charge < -0.3 is 19.9 Å². The Labute approximate surface area is 160 Å². The lowest BCUT2D eigenvalue weighted by Gasteiger charge is -2.29. The summed E-state index contributed by atoms with van der Waals surface area (Å²) in [7, 11) is 0. The number of ether oxygens (including phenoxy) is 3. The summed E-state index contributed by atoms with van der Waals surface area (Å²) in [4.78, 5) is 22.5. The van der Waals surface area contributed by atoms with Gasteiger partial charge in [0.1, 0.15) is 11.5 Å². The minimum Gasteiger partial charge on any atom is -0.475 e. The maximum Gasteiger partial charge on any atom is 0.573 e. The highest BCUT2D eigenvalue weighted by molar-refractivity contribution is 6.02. The summed E-state index contributed by atoms with van der Waals surface area (Å²) in [6.45, 7) is -0.623. The van der Waals surface area contributed by atoms with Crippen LogP contribution >= 0.6 is 0 Å². The third kappa shape index (κ3) is 5.34. The van der Waals surface area contributed by atoms with Crippen LogP contribution in [0.4, 0.5) is 39.5 Å². The number of rotatable bonds is 3. The highest BCUT2D eigenvalue weighted by atomic mass is 19.4. The first-order valence-corrected chi connectivity index (χ1v) is 7.44. The Kier molecular flexibility index (Phi) is 5.98. The summed E-state index contributed by atoms with van der Waals surface area (Å²) in [6, 6.07) is 1.14. The molecule has 0 saturated heterocycles. The van der Waals surface area contributed by atoms with Crippen molar-refractivity contribution in [1.29, 1.82) is 0 Å². The van der Waals surface area contributed by atoms with E-state index in [1.54, 1.807) is 0 Å². The van der Waals surface area contributed by atoms with Gasteiger partial charge in [-0.25, -0.2) is 9.59 Å². The average molecular weight is 453 g/mol. The Morgan fingerprint density at radius 1 is 1.03 bits per heavy atom. The molecule has 1 aliphatic heterocycles. The summed E-state index contributed by atoms with van der Waals surface area (Å²) in [5.41, 5.74) is 2.68. The fourth-order valence-corrected chi connectivity index (χ4v) is 2.31. The van der Waals surface area contributed by atoms with Gasteiger partial charge in [0.05, 0.1) is 5.57 Å². The normalized spacial score (nSPS) is 16.9. The Morgan fingerprint density at radius 3 is 2.10 bits per heavy atom. The summed E-state index contributed by atoms with van der Waals surface area (Å²) in [5, 5.41) is 0. The molecule has 0 saturated carbocycles. The second kappa shape index (κ2) is 7.70. The smallest absolute Gasteiger partial charge is 0.475 e. The van der Waals surface area contributed by atoms with Crippen molar-refractivity contribution >= 4 is 18.0 Å². The van der Waals surface area contributed by atoms with Crippen molar-refractivity contribution in [3.63, 3.8) is 0 Å². The average Bonchev–Trinajstić information content (AvgIpc) is 2.56. The summed E-state index contributed by atoms with van der Waals surface area (Å²) >= 11 is 0. The van der Waals surface area contributed by atoms with Crippen LogP contribution in [0, 0.1) is 0 Å². The predicted octanol–water partition coefficient (Wildman–Crippen LogP) is 3.38. The molecule has 6 nitrogen and oxygen atoms in total. The monoisotopic (exact) mass is 453 g/mol. The molecule has 0 amide bonds. The van der Waals surface area contributed by atoms with Crippen LogP contribution in [0.15, 0.2) is 17.7 Å². The number of halogens is 9.